The molecule has 0 bridgehead atoms. The first-order valence-electron chi connectivity index (χ1n) is 10.1. The van der Waals surface area contributed by atoms with E-state index in [9.17, 15) is 14.4 Å². The highest BCUT2D eigenvalue weighted by Gasteiger charge is 2.25. The van der Waals surface area contributed by atoms with Gasteiger partial charge < -0.3 is 19.3 Å². The molecule has 0 N–H and O–H groups in total. The molecule has 1 fully saturated rings. The molecule has 0 aliphatic carbocycles. The summed E-state index contributed by atoms with van der Waals surface area (Å²) in [5.41, 5.74) is 1.30. The number of ether oxygens (including phenoxy) is 2. The van der Waals surface area contributed by atoms with Gasteiger partial charge >= 0.3 is 12.1 Å². The fourth-order valence-electron chi connectivity index (χ4n) is 3.07. The summed E-state index contributed by atoms with van der Waals surface area (Å²) in [4.78, 5) is 39.7. The first-order chi connectivity index (χ1) is 15.4. The van der Waals surface area contributed by atoms with Crippen LogP contribution in [0.3, 0.4) is 0 Å². The van der Waals surface area contributed by atoms with Crippen LogP contribution in [0, 0.1) is 0 Å². The second-order valence-corrected chi connectivity index (χ2v) is 8.70. The van der Waals surface area contributed by atoms with Crippen LogP contribution in [0.2, 0.25) is 0 Å². The number of thioether (sulfide) groups is 1. The van der Waals surface area contributed by atoms with Gasteiger partial charge in [0.15, 0.2) is 5.78 Å². The third-order valence-electron chi connectivity index (χ3n) is 4.82. The average molecular weight is 473 g/mol. The molecule has 0 aromatic heterocycles. The summed E-state index contributed by atoms with van der Waals surface area (Å²) in [6.07, 6.45) is -0.499. The van der Waals surface area contributed by atoms with Gasteiger partial charge in [0.2, 0.25) is 0 Å². The summed E-state index contributed by atoms with van der Waals surface area (Å²) in [6.45, 7) is 3.60. The molecule has 0 saturated carbocycles. The highest BCUT2D eigenvalue weighted by atomic mass is 32.2. The van der Waals surface area contributed by atoms with E-state index in [-0.39, 0.29) is 29.9 Å². The number of amides is 1. The zero-order valence-corrected chi connectivity index (χ0v) is 19.3. The van der Waals surface area contributed by atoms with E-state index in [1.165, 1.54) is 18.7 Å². The summed E-state index contributed by atoms with van der Waals surface area (Å²) < 4.78 is 11.3. The number of esters is 1. The van der Waals surface area contributed by atoms with Crippen LogP contribution < -0.4 is 4.74 Å². The van der Waals surface area contributed by atoms with Crippen molar-refractivity contribution in [1.29, 1.82) is 0 Å². The van der Waals surface area contributed by atoms with Gasteiger partial charge in [0.25, 0.3) is 0 Å². The Morgan fingerprint density at radius 2 is 1.56 bits per heavy atom. The van der Waals surface area contributed by atoms with Crippen molar-refractivity contribution in [1.82, 2.24) is 9.80 Å². The SMILES string of the molecule is CC(=O)c1ccccc1OC(=O)N1CCN(C(=S)SCC(=O)OCc2ccccc2)CC1. The van der Waals surface area contributed by atoms with Gasteiger partial charge in [0.05, 0.1) is 11.3 Å². The van der Waals surface area contributed by atoms with Gasteiger partial charge in [-0.2, -0.15) is 0 Å². The number of thiocarbonyl (C=S) groups is 1. The van der Waals surface area contributed by atoms with E-state index in [0.29, 0.717) is 36.1 Å². The van der Waals surface area contributed by atoms with Gasteiger partial charge in [-0.15, -0.1) is 0 Å². The van der Waals surface area contributed by atoms with Crippen LogP contribution in [0.1, 0.15) is 22.8 Å². The van der Waals surface area contributed by atoms with Crippen LogP contribution in [0.15, 0.2) is 54.6 Å². The Bertz CT molecular complexity index is 975. The van der Waals surface area contributed by atoms with Crippen molar-refractivity contribution >= 4 is 46.1 Å². The van der Waals surface area contributed by atoms with Gasteiger partial charge in [0, 0.05) is 26.2 Å². The largest absolute Gasteiger partial charge is 0.460 e. The Labute approximate surface area is 196 Å². The van der Waals surface area contributed by atoms with Crippen molar-refractivity contribution < 1.29 is 23.9 Å². The lowest BCUT2D eigenvalue weighted by molar-refractivity contribution is -0.141. The Morgan fingerprint density at radius 3 is 2.25 bits per heavy atom. The summed E-state index contributed by atoms with van der Waals surface area (Å²) in [6, 6.07) is 16.2. The lowest BCUT2D eigenvalue weighted by Gasteiger charge is -2.35. The molecule has 32 heavy (non-hydrogen) atoms. The molecule has 1 aliphatic rings. The number of para-hydroxylation sites is 1. The number of Topliss-reactive ketones (excluding diaryl/α,β-unsaturated/α-hetero) is 1. The van der Waals surface area contributed by atoms with E-state index < -0.39 is 6.09 Å². The monoisotopic (exact) mass is 472 g/mol. The van der Waals surface area contributed by atoms with Crippen molar-refractivity contribution in [2.75, 3.05) is 31.9 Å². The van der Waals surface area contributed by atoms with Crippen LogP contribution in [0.4, 0.5) is 4.79 Å². The maximum Gasteiger partial charge on any atom is 0.415 e. The predicted octanol–water partition coefficient (Wildman–Crippen LogP) is 3.77. The molecule has 1 amide bonds. The number of piperazine rings is 1. The number of hydrogen-bond donors (Lipinski definition) is 0. The van der Waals surface area contributed by atoms with E-state index in [2.05, 4.69) is 0 Å². The van der Waals surface area contributed by atoms with Crippen molar-refractivity contribution in [3.05, 3.63) is 65.7 Å². The number of nitrogens with zero attached hydrogens (tertiary/aromatic N) is 2. The van der Waals surface area contributed by atoms with Gasteiger partial charge in [-0.1, -0.05) is 66.4 Å². The molecule has 168 valence electrons. The van der Waals surface area contributed by atoms with E-state index in [0.717, 1.165) is 5.56 Å². The molecule has 1 saturated heterocycles. The Balaban J connectivity index is 1.40. The van der Waals surface area contributed by atoms with E-state index in [1.807, 2.05) is 35.2 Å². The molecule has 9 heteroatoms. The first kappa shape index (κ1) is 23.7. The molecule has 0 unspecified atom stereocenters. The number of benzene rings is 2. The highest BCUT2D eigenvalue weighted by molar-refractivity contribution is 8.23. The lowest BCUT2D eigenvalue weighted by Crippen LogP contribution is -2.50. The van der Waals surface area contributed by atoms with Crippen molar-refractivity contribution in [3.63, 3.8) is 0 Å². The number of carbonyl (C=O) groups is 3. The number of rotatable bonds is 6. The molecule has 0 spiro atoms. The van der Waals surface area contributed by atoms with Crippen molar-refractivity contribution in [2.24, 2.45) is 0 Å². The molecule has 1 aliphatic heterocycles. The van der Waals surface area contributed by atoms with Crippen LogP contribution in [-0.2, 0) is 16.1 Å². The second kappa shape index (κ2) is 11.6. The number of carbonyl (C=O) groups excluding carboxylic acids is 3. The lowest BCUT2D eigenvalue weighted by atomic mass is 10.1. The van der Waals surface area contributed by atoms with Gasteiger partial charge in [0.1, 0.15) is 16.7 Å². The van der Waals surface area contributed by atoms with Gasteiger partial charge in [-0.25, -0.2) is 4.79 Å². The van der Waals surface area contributed by atoms with E-state index >= 15 is 0 Å². The molecule has 0 radical (unpaired) electrons. The highest BCUT2D eigenvalue weighted by Crippen LogP contribution is 2.20. The fraction of sp³-hybridized carbons (Fsp3) is 0.304. The van der Waals surface area contributed by atoms with Crippen LogP contribution >= 0.6 is 24.0 Å². The van der Waals surface area contributed by atoms with Crippen molar-refractivity contribution in [3.8, 4) is 5.75 Å². The zero-order chi connectivity index (χ0) is 22.9. The minimum Gasteiger partial charge on any atom is -0.460 e. The third-order valence-corrected chi connectivity index (χ3v) is 6.31. The second-order valence-electron chi connectivity index (χ2n) is 7.10. The molecule has 7 nitrogen and oxygen atoms in total. The maximum absolute atomic E-state index is 12.5. The normalized spacial score (nSPS) is 13.4. The van der Waals surface area contributed by atoms with Crippen LogP contribution in [-0.4, -0.2) is 63.9 Å². The number of ketones is 1. The molecule has 1 heterocycles. The Hall–Kier alpha value is -2.91. The van der Waals surface area contributed by atoms with Crippen LogP contribution in [0.25, 0.3) is 0 Å². The predicted molar refractivity (Wildman–Crippen MR) is 127 cm³/mol. The molecular formula is C23H24N2O5S2. The quantitative estimate of drug-likeness (QED) is 0.357. The fourth-order valence-corrected chi connectivity index (χ4v) is 4.12. The van der Waals surface area contributed by atoms with E-state index in [4.69, 9.17) is 21.7 Å². The Morgan fingerprint density at radius 1 is 0.938 bits per heavy atom. The molecule has 0 atom stereocenters. The minimum atomic E-state index is -0.499. The summed E-state index contributed by atoms with van der Waals surface area (Å²) in [5, 5.41) is 0. The minimum absolute atomic E-state index is 0.135. The summed E-state index contributed by atoms with van der Waals surface area (Å²) in [7, 11) is 0. The standard InChI is InChI=1S/C23H24N2O5S2/c1-17(26)19-9-5-6-10-20(19)30-22(28)24-11-13-25(14-12-24)23(31)32-16-21(27)29-15-18-7-3-2-4-8-18/h2-10H,11-16H2,1H3. The maximum atomic E-state index is 12.5. The van der Waals surface area contributed by atoms with Gasteiger partial charge in [-0.05, 0) is 24.6 Å². The molecule has 2 aromatic carbocycles. The van der Waals surface area contributed by atoms with E-state index in [1.54, 1.807) is 29.2 Å². The number of hydrogen-bond acceptors (Lipinski definition) is 7. The zero-order valence-electron chi connectivity index (χ0n) is 17.7. The Kier molecular flexibility index (Phi) is 8.64. The van der Waals surface area contributed by atoms with Crippen LogP contribution in [0.5, 0.6) is 5.75 Å². The first-order valence-corrected chi connectivity index (χ1v) is 11.5. The molecule has 3 rings (SSSR count). The van der Waals surface area contributed by atoms with Crippen molar-refractivity contribution in [2.45, 2.75) is 13.5 Å². The molecular weight excluding hydrogens is 448 g/mol. The third kappa shape index (κ3) is 6.80. The smallest absolute Gasteiger partial charge is 0.415 e. The summed E-state index contributed by atoms with van der Waals surface area (Å²) >= 11 is 6.69. The molecule has 2 aromatic rings. The average Bonchev–Trinajstić information content (AvgIpc) is 2.82. The summed E-state index contributed by atoms with van der Waals surface area (Å²) in [5.74, 6) is -0.0987. The van der Waals surface area contributed by atoms with Gasteiger partial charge in [-0.3, -0.25) is 9.59 Å². The topological polar surface area (TPSA) is 76.2 Å².